The average Bonchev–Trinajstić information content (AvgIpc) is 2.56. The molecule has 6 heteroatoms. The van der Waals surface area contributed by atoms with Crippen LogP contribution in [0.2, 0.25) is 5.02 Å². The number of aromatic nitrogens is 1. The summed E-state index contributed by atoms with van der Waals surface area (Å²) in [4.78, 5) is 26.1. The van der Waals surface area contributed by atoms with Crippen LogP contribution in [0.3, 0.4) is 0 Å². The second-order valence-corrected chi connectivity index (χ2v) is 5.88. The van der Waals surface area contributed by atoms with Gasteiger partial charge in [-0.1, -0.05) is 29.8 Å². The number of carbonyl (C=O) groups excluding carboxylic acids is 1. The largest absolute Gasteiger partial charge is 0.338 e. The molecule has 0 fully saturated rings. The number of nitrogens with two attached hydrogens (primary N) is 1. The zero-order valence-corrected chi connectivity index (χ0v) is 14.0. The average molecular weight is 334 g/mol. The lowest BCUT2D eigenvalue weighted by Crippen LogP contribution is -2.40. The Morgan fingerprint density at radius 3 is 2.65 bits per heavy atom. The van der Waals surface area contributed by atoms with Gasteiger partial charge in [-0.25, -0.2) is 0 Å². The summed E-state index contributed by atoms with van der Waals surface area (Å²) in [5.74, 6) is -0.171. The normalized spacial score (nSPS) is 12.0. The highest BCUT2D eigenvalue weighted by Crippen LogP contribution is 2.16. The first-order valence-electron chi connectivity index (χ1n) is 7.35. The number of benzene rings is 1. The van der Waals surface area contributed by atoms with Gasteiger partial charge in [-0.15, -0.1) is 0 Å². The molecule has 1 heterocycles. The maximum absolute atomic E-state index is 12.5. The van der Waals surface area contributed by atoms with E-state index < -0.39 is 0 Å². The van der Waals surface area contributed by atoms with Crippen LogP contribution in [0.5, 0.6) is 0 Å². The third-order valence-electron chi connectivity index (χ3n) is 3.85. The molecule has 2 aromatic rings. The van der Waals surface area contributed by atoms with Crippen LogP contribution in [0, 0.1) is 0 Å². The van der Waals surface area contributed by atoms with Gasteiger partial charge in [0.1, 0.15) is 0 Å². The summed E-state index contributed by atoms with van der Waals surface area (Å²) in [6.45, 7) is 2.56. The predicted octanol–water partition coefficient (Wildman–Crippen LogP) is 1.97. The quantitative estimate of drug-likeness (QED) is 0.909. The minimum Gasteiger partial charge on any atom is -0.338 e. The lowest BCUT2D eigenvalue weighted by molar-refractivity contribution is 0.0747. The number of carbonyl (C=O) groups is 1. The highest BCUT2D eigenvalue weighted by atomic mass is 35.5. The fraction of sp³-hybridized carbons (Fsp3) is 0.294. The lowest BCUT2D eigenvalue weighted by atomic mass is 10.2. The van der Waals surface area contributed by atoms with Gasteiger partial charge in [0.25, 0.3) is 11.5 Å². The molecule has 122 valence electrons. The van der Waals surface area contributed by atoms with Crippen molar-refractivity contribution in [1.82, 2.24) is 9.47 Å². The smallest absolute Gasteiger partial charge is 0.255 e. The predicted molar refractivity (Wildman–Crippen MR) is 91.9 cm³/mol. The molecule has 0 spiro atoms. The van der Waals surface area contributed by atoms with Gasteiger partial charge in [0.05, 0.1) is 12.1 Å². The van der Waals surface area contributed by atoms with Crippen molar-refractivity contribution in [2.45, 2.75) is 19.5 Å². The molecule has 23 heavy (non-hydrogen) atoms. The van der Waals surface area contributed by atoms with Gasteiger partial charge in [0.15, 0.2) is 0 Å². The summed E-state index contributed by atoms with van der Waals surface area (Å²) >= 11 is 6.14. The van der Waals surface area contributed by atoms with E-state index in [2.05, 4.69) is 0 Å². The highest BCUT2D eigenvalue weighted by Gasteiger charge is 2.17. The standard InChI is InChI=1S/C17H20ClN3O2/c1-12(9-19)20(2)17(23)14-7-8-16(22)21(11-14)10-13-5-3-4-6-15(13)18/h3-8,11-12H,9-10,19H2,1-2H3. The fourth-order valence-electron chi connectivity index (χ4n) is 2.15. The van der Waals surface area contributed by atoms with Crippen LogP contribution in [-0.4, -0.2) is 35.0 Å². The minimum absolute atomic E-state index is 0.0774. The molecule has 1 atom stereocenters. The molecule has 0 radical (unpaired) electrons. The van der Waals surface area contributed by atoms with Crippen LogP contribution in [0.15, 0.2) is 47.4 Å². The Hall–Kier alpha value is -2.11. The number of amides is 1. The number of nitrogens with zero attached hydrogens (tertiary/aromatic N) is 2. The summed E-state index contributed by atoms with van der Waals surface area (Å²) in [7, 11) is 1.70. The molecule has 1 aromatic carbocycles. The van der Waals surface area contributed by atoms with Gasteiger partial charge in [0, 0.05) is 36.9 Å². The SMILES string of the molecule is CC(CN)N(C)C(=O)c1ccc(=O)n(Cc2ccccc2Cl)c1. The second kappa shape index (κ2) is 7.44. The van der Waals surface area contributed by atoms with E-state index in [1.54, 1.807) is 24.2 Å². The Labute approximate surface area is 140 Å². The molecule has 0 saturated heterocycles. The van der Waals surface area contributed by atoms with E-state index in [0.717, 1.165) is 5.56 Å². The van der Waals surface area contributed by atoms with E-state index in [4.69, 9.17) is 17.3 Å². The third-order valence-corrected chi connectivity index (χ3v) is 4.22. The monoisotopic (exact) mass is 333 g/mol. The Morgan fingerprint density at radius 2 is 2.00 bits per heavy atom. The molecule has 1 amide bonds. The molecule has 2 rings (SSSR count). The van der Waals surface area contributed by atoms with E-state index in [0.29, 0.717) is 23.7 Å². The molecular formula is C17H20ClN3O2. The van der Waals surface area contributed by atoms with Crippen LogP contribution in [0.4, 0.5) is 0 Å². The molecule has 0 bridgehead atoms. The van der Waals surface area contributed by atoms with Gasteiger partial charge in [0.2, 0.25) is 0 Å². The number of likely N-dealkylation sites (N-methyl/N-ethyl adjacent to an activating group) is 1. The van der Waals surface area contributed by atoms with Gasteiger partial charge in [-0.05, 0) is 24.6 Å². The number of pyridine rings is 1. The van der Waals surface area contributed by atoms with Crippen LogP contribution in [0.25, 0.3) is 0 Å². The Balaban J connectivity index is 2.31. The van der Waals surface area contributed by atoms with Crippen LogP contribution in [0.1, 0.15) is 22.8 Å². The topological polar surface area (TPSA) is 68.3 Å². The molecule has 0 aliphatic rings. The van der Waals surface area contributed by atoms with Crippen LogP contribution in [-0.2, 0) is 6.54 Å². The number of rotatable bonds is 5. The highest BCUT2D eigenvalue weighted by molar-refractivity contribution is 6.31. The molecule has 0 aliphatic heterocycles. The summed E-state index contributed by atoms with van der Waals surface area (Å²) in [5.41, 5.74) is 6.68. The lowest BCUT2D eigenvalue weighted by Gasteiger charge is -2.23. The summed E-state index contributed by atoms with van der Waals surface area (Å²) in [6, 6.07) is 10.2. The number of halogens is 1. The zero-order chi connectivity index (χ0) is 17.0. The van der Waals surface area contributed by atoms with Gasteiger partial charge >= 0.3 is 0 Å². The summed E-state index contributed by atoms with van der Waals surface area (Å²) < 4.78 is 1.48. The van der Waals surface area contributed by atoms with Crippen molar-refractivity contribution in [3.8, 4) is 0 Å². The summed E-state index contributed by atoms with van der Waals surface area (Å²) in [5, 5.41) is 0.588. The first kappa shape index (κ1) is 17.2. The van der Waals surface area contributed by atoms with E-state index in [-0.39, 0.29) is 17.5 Å². The minimum atomic E-state index is -0.184. The number of hydrogen-bond donors (Lipinski definition) is 1. The van der Waals surface area contributed by atoms with Crippen molar-refractivity contribution < 1.29 is 4.79 Å². The molecule has 1 unspecified atom stereocenters. The third kappa shape index (κ3) is 4.00. The summed E-state index contributed by atoms with van der Waals surface area (Å²) in [6.07, 6.45) is 1.56. The Kier molecular flexibility index (Phi) is 5.58. The van der Waals surface area contributed by atoms with Crippen molar-refractivity contribution in [2.24, 2.45) is 5.73 Å². The second-order valence-electron chi connectivity index (χ2n) is 5.48. The molecule has 1 aromatic heterocycles. The van der Waals surface area contributed by atoms with E-state index in [1.165, 1.54) is 16.7 Å². The Morgan fingerprint density at radius 1 is 1.30 bits per heavy atom. The van der Waals surface area contributed by atoms with Gasteiger partial charge in [-0.2, -0.15) is 0 Å². The molecular weight excluding hydrogens is 314 g/mol. The van der Waals surface area contributed by atoms with Gasteiger partial charge in [-0.3, -0.25) is 9.59 Å². The van der Waals surface area contributed by atoms with Gasteiger partial charge < -0.3 is 15.2 Å². The van der Waals surface area contributed by atoms with Crippen molar-refractivity contribution in [3.63, 3.8) is 0 Å². The van der Waals surface area contributed by atoms with Crippen molar-refractivity contribution in [2.75, 3.05) is 13.6 Å². The van der Waals surface area contributed by atoms with E-state index >= 15 is 0 Å². The zero-order valence-electron chi connectivity index (χ0n) is 13.2. The first-order valence-corrected chi connectivity index (χ1v) is 7.73. The van der Waals surface area contributed by atoms with Crippen LogP contribution >= 0.6 is 11.6 Å². The van der Waals surface area contributed by atoms with Crippen molar-refractivity contribution in [1.29, 1.82) is 0 Å². The van der Waals surface area contributed by atoms with Crippen LogP contribution < -0.4 is 11.3 Å². The molecule has 2 N–H and O–H groups in total. The molecule has 0 saturated carbocycles. The maximum atomic E-state index is 12.5. The fourth-order valence-corrected chi connectivity index (χ4v) is 2.35. The van der Waals surface area contributed by atoms with E-state index in [9.17, 15) is 9.59 Å². The molecule has 5 nitrogen and oxygen atoms in total. The Bertz CT molecular complexity index is 757. The van der Waals surface area contributed by atoms with E-state index in [1.807, 2.05) is 25.1 Å². The first-order chi connectivity index (χ1) is 10.9. The molecule has 0 aliphatic carbocycles. The maximum Gasteiger partial charge on any atom is 0.255 e. The van der Waals surface area contributed by atoms with Crippen molar-refractivity contribution >= 4 is 17.5 Å². The number of hydrogen-bond acceptors (Lipinski definition) is 3. The van der Waals surface area contributed by atoms with Crippen molar-refractivity contribution in [3.05, 3.63) is 69.1 Å².